The number of benzene rings is 2. The number of H-pyrrole nitrogens is 1. The van der Waals surface area contributed by atoms with E-state index < -0.39 is 0 Å². The molecule has 4 heteroatoms. The summed E-state index contributed by atoms with van der Waals surface area (Å²) in [6.45, 7) is 0.420. The quantitative estimate of drug-likeness (QED) is 0.696. The number of aromatic nitrogens is 1. The van der Waals surface area contributed by atoms with Crippen LogP contribution in [0.15, 0.2) is 90.3 Å². The summed E-state index contributed by atoms with van der Waals surface area (Å²) in [5.74, 6) is 0.392. The fourth-order valence-electron chi connectivity index (χ4n) is 3.01. The molecular formula is C23H20N2O2. The average molecular weight is 356 g/mol. The lowest BCUT2D eigenvalue weighted by Crippen LogP contribution is -2.14. The van der Waals surface area contributed by atoms with Crippen molar-refractivity contribution in [3.05, 3.63) is 113 Å². The molecule has 0 atom stereocenters. The maximum atomic E-state index is 11.8. The fraction of sp³-hybridized carbons (Fsp3) is 0.0870. The van der Waals surface area contributed by atoms with Crippen LogP contribution < -0.4 is 5.32 Å². The molecule has 134 valence electrons. The van der Waals surface area contributed by atoms with E-state index in [1.165, 1.54) is 11.6 Å². The number of nitrogens with one attached hydrogen (secondary N) is 2. The topological polar surface area (TPSA) is 54.1 Å². The Morgan fingerprint density at radius 3 is 2.30 bits per heavy atom. The van der Waals surface area contributed by atoms with Crippen molar-refractivity contribution in [2.24, 2.45) is 0 Å². The van der Waals surface area contributed by atoms with Gasteiger partial charge in [-0.25, -0.2) is 0 Å². The largest absolute Gasteiger partial charge is 0.487 e. The smallest absolute Gasteiger partial charge is 0.252 e. The summed E-state index contributed by atoms with van der Waals surface area (Å²) < 4.78 is 5.84. The molecule has 0 fully saturated rings. The lowest BCUT2D eigenvalue weighted by molar-refractivity contribution is -0.115. The van der Waals surface area contributed by atoms with Crippen LogP contribution in [-0.2, 0) is 22.6 Å². The number of amides is 1. The van der Waals surface area contributed by atoms with Gasteiger partial charge in [-0.15, -0.1) is 0 Å². The highest BCUT2D eigenvalue weighted by atomic mass is 16.5. The van der Waals surface area contributed by atoms with Crippen LogP contribution in [0.5, 0.6) is 0 Å². The molecule has 2 heterocycles. The molecule has 4 nitrogen and oxygen atoms in total. The molecule has 2 N–H and O–H groups in total. The number of ether oxygens (including phenoxy) is 1. The lowest BCUT2D eigenvalue weighted by Gasteiger charge is -2.08. The predicted molar refractivity (Wildman–Crippen MR) is 105 cm³/mol. The Morgan fingerprint density at radius 1 is 0.852 bits per heavy atom. The number of carbonyl (C=O) groups excluding carboxylic acids is 1. The third-order valence-electron chi connectivity index (χ3n) is 4.33. The second-order valence-corrected chi connectivity index (χ2v) is 6.43. The Labute approximate surface area is 158 Å². The zero-order chi connectivity index (χ0) is 18.5. The van der Waals surface area contributed by atoms with Crippen molar-refractivity contribution in [3.63, 3.8) is 0 Å². The van der Waals surface area contributed by atoms with E-state index in [9.17, 15) is 4.79 Å². The highest BCUT2D eigenvalue weighted by molar-refractivity contribution is 5.95. The summed E-state index contributed by atoms with van der Waals surface area (Å²) in [4.78, 5) is 15.2. The van der Waals surface area contributed by atoms with Crippen molar-refractivity contribution in [2.45, 2.75) is 13.0 Å². The molecule has 0 unspecified atom stereocenters. The van der Waals surface area contributed by atoms with Gasteiger partial charge in [0.1, 0.15) is 12.4 Å². The van der Waals surface area contributed by atoms with Crippen molar-refractivity contribution in [3.8, 4) is 0 Å². The first-order valence-corrected chi connectivity index (χ1v) is 8.89. The van der Waals surface area contributed by atoms with E-state index >= 15 is 0 Å². The van der Waals surface area contributed by atoms with E-state index in [4.69, 9.17) is 4.74 Å². The molecule has 0 saturated heterocycles. The molecule has 3 aromatic rings. The molecule has 27 heavy (non-hydrogen) atoms. The highest BCUT2D eigenvalue weighted by Gasteiger charge is 2.19. The van der Waals surface area contributed by atoms with Gasteiger partial charge >= 0.3 is 0 Å². The SMILES string of the molecule is O=C1C=C(OCc2ccccc2)/C(=C/c2ccc(Cc3ccccc3)[nH]2)N1. The van der Waals surface area contributed by atoms with Crippen molar-refractivity contribution in [2.75, 3.05) is 0 Å². The molecule has 4 rings (SSSR count). The zero-order valence-electron chi connectivity index (χ0n) is 14.8. The van der Waals surface area contributed by atoms with Gasteiger partial charge in [-0.3, -0.25) is 4.79 Å². The second kappa shape index (κ2) is 7.79. The Hall–Kier alpha value is -3.53. The van der Waals surface area contributed by atoms with Gasteiger partial charge in [0, 0.05) is 23.9 Å². The first-order valence-electron chi connectivity index (χ1n) is 8.89. The molecule has 0 saturated carbocycles. The van der Waals surface area contributed by atoms with Crippen LogP contribution in [0.3, 0.4) is 0 Å². The molecule has 2 aromatic carbocycles. The highest BCUT2D eigenvalue weighted by Crippen LogP contribution is 2.20. The number of hydrogen-bond donors (Lipinski definition) is 2. The van der Waals surface area contributed by atoms with Gasteiger partial charge in [0.25, 0.3) is 5.91 Å². The maximum Gasteiger partial charge on any atom is 0.252 e. The standard InChI is InChI=1S/C23H20N2O2/c26-23-15-22(27-16-18-9-5-2-6-10-18)21(25-23)14-20-12-11-19(24-20)13-17-7-3-1-4-8-17/h1-12,14-15,24H,13,16H2,(H,25,26)/b21-14-. The van der Waals surface area contributed by atoms with Gasteiger partial charge in [0.2, 0.25) is 0 Å². The minimum atomic E-state index is -0.166. The van der Waals surface area contributed by atoms with Gasteiger partial charge < -0.3 is 15.0 Å². The molecule has 0 radical (unpaired) electrons. The van der Waals surface area contributed by atoms with Gasteiger partial charge in [-0.1, -0.05) is 60.7 Å². The first-order chi connectivity index (χ1) is 13.3. The van der Waals surface area contributed by atoms with Crippen LogP contribution in [0.25, 0.3) is 6.08 Å². The van der Waals surface area contributed by atoms with Gasteiger partial charge in [-0.2, -0.15) is 0 Å². The zero-order valence-corrected chi connectivity index (χ0v) is 14.8. The minimum Gasteiger partial charge on any atom is -0.487 e. The fourth-order valence-corrected chi connectivity index (χ4v) is 3.01. The molecule has 1 aliphatic rings. The van der Waals surface area contributed by atoms with Gasteiger partial charge in [0.15, 0.2) is 0 Å². The molecule has 1 amide bonds. The van der Waals surface area contributed by atoms with Crippen molar-refractivity contribution in [1.82, 2.24) is 10.3 Å². The molecular weight excluding hydrogens is 336 g/mol. The normalized spacial score (nSPS) is 14.9. The molecule has 1 aromatic heterocycles. The summed E-state index contributed by atoms with van der Waals surface area (Å²) in [7, 11) is 0. The number of aromatic amines is 1. The summed E-state index contributed by atoms with van der Waals surface area (Å²) in [6, 6.07) is 24.3. The third-order valence-corrected chi connectivity index (χ3v) is 4.33. The number of rotatable bonds is 6. The monoisotopic (exact) mass is 356 g/mol. The van der Waals surface area contributed by atoms with Crippen LogP contribution in [0.4, 0.5) is 0 Å². The Kier molecular flexibility index (Phi) is 4.88. The molecule has 0 spiro atoms. The molecule has 0 bridgehead atoms. The predicted octanol–water partition coefficient (Wildman–Crippen LogP) is 4.18. The molecule has 1 aliphatic heterocycles. The van der Waals surface area contributed by atoms with Crippen LogP contribution in [-0.4, -0.2) is 10.9 Å². The summed E-state index contributed by atoms with van der Waals surface area (Å²) in [5, 5.41) is 2.83. The van der Waals surface area contributed by atoms with Crippen LogP contribution in [0.1, 0.15) is 22.5 Å². The van der Waals surface area contributed by atoms with E-state index in [2.05, 4.69) is 28.5 Å². The van der Waals surface area contributed by atoms with E-state index in [0.717, 1.165) is 23.4 Å². The van der Waals surface area contributed by atoms with Crippen LogP contribution in [0, 0.1) is 0 Å². The number of carbonyl (C=O) groups is 1. The lowest BCUT2D eigenvalue weighted by atomic mass is 10.1. The first kappa shape index (κ1) is 16.9. The van der Waals surface area contributed by atoms with Crippen molar-refractivity contribution < 1.29 is 9.53 Å². The average Bonchev–Trinajstić information content (AvgIpc) is 3.28. The minimum absolute atomic E-state index is 0.166. The maximum absolute atomic E-state index is 11.8. The van der Waals surface area contributed by atoms with Crippen LogP contribution >= 0.6 is 0 Å². The number of hydrogen-bond acceptors (Lipinski definition) is 2. The van der Waals surface area contributed by atoms with E-state index in [-0.39, 0.29) is 5.91 Å². The van der Waals surface area contributed by atoms with E-state index in [1.54, 1.807) is 0 Å². The Morgan fingerprint density at radius 2 is 1.56 bits per heavy atom. The van der Waals surface area contributed by atoms with Gasteiger partial charge in [-0.05, 0) is 29.3 Å². The summed E-state index contributed by atoms with van der Waals surface area (Å²) in [6.07, 6.45) is 4.22. The summed E-state index contributed by atoms with van der Waals surface area (Å²) in [5.41, 5.74) is 5.02. The van der Waals surface area contributed by atoms with Crippen LogP contribution in [0.2, 0.25) is 0 Å². The third kappa shape index (κ3) is 4.36. The Bertz CT molecular complexity index is 985. The summed E-state index contributed by atoms with van der Waals surface area (Å²) >= 11 is 0. The Balaban J connectivity index is 1.46. The van der Waals surface area contributed by atoms with E-state index in [1.807, 2.05) is 60.7 Å². The van der Waals surface area contributed by atoms with Gasteiger partial charge in [0.05, 0.1) is 5.70 Å². The van der Waals surface area contributed by atoms with Crippen molar-refractivity contribution >= 4 is 12.0 Å². The van der Waals surface area contributed by atoms with E-state index in [0.29, 0.717) is 18.1 Å². The second-order valence-electron chi connectivity index (χ2n) is 6.43. The van der Waals surface area contributed by atoms with Crippen molar-refractivity contribution in [1.29, 1.82) is 0 Å². The molecule has 0 aliphatic carbocycles.